The molecule has 8 nitrogen and oxygen atoms in total. The maximum atomic E-state index is 13.5. The highest BCUT2D eigenvalue weighted by Crippen LogP contribution is 2.26. The zero-order valence-electron chi connectivity index (χ0n) is 22.7. The van der Waals surface area contributed by atoms with Crippen LogP contribution in [0.5, 0.6) is 5.75 Å². The summed E-state index contributed by atoms with van der Waals surface area (Å²) in [6.45, 7) is 7.71. The van der Waals surface area contributed by atoms with E-state index in [4.69, 9.17) is 4.74 Å². The number of aryl methyl sites for hydroxylation is 3. The molecule has 4 aromatic rings. The highest BCUT2D eigenvalue weighted by Gasteiger charge is 2.27. The minimum absolute atomic E-state index is 0.0795. The molecule has 1 aromatic heterocycles. The number of carbonyl (C=O) groups excluding carboxylic acids is 1. The largest absolute Gasteiger partial charge is 0.497 e. The number of rotatable bonds is 9. The Hall–Kier alpha value is -4.37. The second kappa shape index (κ2) is 11.6. The molecule has 0 bridgehead atoms. The molecule has 202 valence electrons. The van der Waals surface area contributed by atoms with Crippen LogP contribution in [0, 0.1) is 27.7 Å². The first-order valence-electron chi connectivity index (χ1n) is 12.4. The molecule has 0 aliphatic carbocycles. The van der Waals surface area contributed by atoms with E-state index in [1.165, 1.54) is 30.4 Å². The molecule has 1 N–H and O–H groups in total. The van der Waals surface area contributed by atoms with Crippen LogP contribution < -0.4 is 14.5 Å². The molecule has 1 amide bonds. The van der Waals surface area contributed by atoms with Crippen LogP contribution in [0.2, 0.25) is 0 Å². The molecule has 4 rings (SSSR count). The van der Waals surface area contributed by atoms with E-state index in [9.17, 15) is 13.2 Å². The third kappa shape index (κ3) is 6.04. The molecule has 0 saturated heterocycles. The van der Waals surface area contributed by atoms with Crippen LogP contribution in [-0.4, -0.2) is 38.8 Å². The Balaban J connectivity index is 1.55. The molecule has 1 heterocycles. The van der Waals surface area contributed by atoms with Crippen molar-refractivity contribution in [3.63, 3.8) is 0 Å². The number of methoxy groups -OCH3 is 1. The number of sulfonamides is 1. The first-order valence-corrected chi connectivity index (χ1v) is 13.9. The Kier molecular flexibility index (Phi) is 8.21. The number of amides is 1. The van der Waals surface area contributed by atoms with Crippen LogP contribution >= 0.6 is 0 Å². The van der Waals surface area contributed by atoms with Gasteiger partial charge in [0.25, 0.3) is 15.9 Å². The molecule has 0 saturated carbocycles. The van der Waals surface area contributed by atoms with Gasteiger partial charge in [0.15, 0.2) is 0 Å². The monoisotopic (exact) mass is 544 g/mol. The highest BCUT2D eigenvalue weighted by molar-refractivity contribution is 7.92. The number of ether oxygens (including phenoxy) is 1. The molecule has 0 atom stereocenters. The van der Waals surface area contributed by atoms with Crippen LogP contribution in [0.25, 0.3) is 5.69 Å². The van der Waals surface area contributed by atoms with Gasteiger partial charge in [-0.1, -0.05) is 24.3 Å². The van der Waals surface area contributed by atoms with Crippen molar-refractivity contribution >= 4 is 27.8 Å². The predicted octanol–water partition coefficient (Wildman–Crippen LogP) is 5.07. The van der Waals surface area contributed by atoms with Gasteiger partial charge in [-0.3, -0.25) is 9.10 Å². The normalized spacial score (nSPS) is 11.5. The summed E-state index contributed by atoms with van der Waals surface area (Å²) in [5.41, 5.74) is 9.14. The number of nitrogens with zero attached hydrogens (tertiary/aromatic N) is 3. The summed E-state index contributed by atoms with van der Waals surface area (Å²) in [5.74, 6) is -0.00667. The van der Waals surface area contributed by atoms with E-state index in [0.717, 1.165) is 26.9 Å². The molecule has 0 fully saturated rings. The third-order valence-corrected chi connectivity index (χ3v) is 8.38. The molecule has 9 heteroatoms. The summed E-state index contributed by atoms with van der Waals surface area (Å²) < 4.78 is 35.3. The van der Waals surface area contributed by atoms with E-state index in [-0.39, 0.29) is 4.90 Å². The van der Waals surface area contributed by atoms with Gasteiger partial charge in [-0.2, -0.15) is 5.10 Å². The smallest absolute Gasteiger partial charge is 0.264 e. The number of hydrazone groups is 1. The number of hydrogen-bond donors (Lipinski definition) is 1. The minimum atomic E-state index is -4.02. The second-order valence-electron chi connectivity index (χ2n) is 9.25. The zero-order valence-corrected chi connectivity index (χ0v) is 23.5. The van der Waals surface area contributed by atoms with E-state index >= 15 is 0 Å². The van der Waals surface area contributed by atoms with E-state index < -0.39 is 22.5 Å². The maximum Gasteiger partial charge on any atom is 0.264 e. The van der Waals surface area contributed by atoms with Crippen molar-refractivity contribution in [1.82, 2.24) is 9.99 Å². The summed E-state index contributed by atoms with van der Waals surface area (Å²) >= 11 is 0. The second-order valence-corrected chi connectivity index (χ2v) is 11.1. The lowest BCUT2D eigenvalue weighted by Gasteiger charge is -2.23. The summed E-state index contributed by atoms with van der Waals surface area (Å²) in [6, 6.07) is 22.8. The minimum Gasteiger partial charge on any atom is -0.497 e. The van der Waals surface area contributed by atoms with Crippen molar-refractivity contribution in [2.45, 2.75) is 32.6 Å². The van der Waals surface area contributed by atoms with Crippen molar-refractivity contribution in [3.05, 3.63) is 107 Å². The number of carbonyl (C=O) groups is 1. The summed E-state index contributed by atoms with van der Waals surface area (Å²) in [6.07, 6.45) is 1.57. The molecule has 0 unspecified atom stereocenters. The van der Waals surface area contributed by atoms with Crippen LogP contribution in [-0.2, 0) is 14.8 Å². The van der Waals surface area contributed by atoms with Gasteiger partial charge in [0.2, 0.25) is 0 Å². The van der Waals surface area contributed by atoms with Crippen LogP contribution in [0.15, 0.2) is 88.9 Å². The first-order chi connectivity index (χ1) is 18.6. The molecule has 0 aliphatic rings. The summed E-state index contributed by atoms with van der Waals surface area (Å²) in [4.78, 5) is 13.0. The van der Waals surface area contributed by atoms with Gasteiger partial charge in [-0.15, -0.1) is 0 Å². The average Bonchev–Trinajstić information content (AvgIpc) is 3.21. The van der Waals surface area contributed by atoms with Gasteiger partial charge in [-0.05, 0) is 93.4 Å². The topological polar surface area (TPSA) is 93.0 Å². The van der Waals surface area contributed by atoms with Crippen molar-refractivity contribution in [1.29, 1.82) is 0 Å². The van der Waals surface area contributed by atoms with Gasteiger partial charge in [0, 0.05) is 22.6 Å². The van der Waals surface area contributed by atoms with Crippen molar-refractivity contribution in [2.24, 2.45) is 5.10 Å². The Labute approximate surface area is 229 Å². The predicted molar refractivity (Wildman–Crippen MR) is 154 cm³/mol. The molecular weight excluding hydrogens is 512 g/mol. The van der Waals surface area contributed by atoms with Crippen LogP contribution in [0.3, 0.4) is 0 Å². The number of benzene rings is 3. The standard InChI is InChI=1S/C30H32N4O4S/c1-21-11-12-27(17-22(21)2)34-23(3)18-25(24(34)4)19-31-32-30(35)20-33(26-13-15-28(38-5)16-14-26)39(36,37)29-9-7-6-8-10-29/h6-19H,20H2,1-5H3,(H,32,35)/b31-19-. The quantitative estimate of drug-likeness (QED) is 0.235. The van der Waals surface area contributed by atoms with Gasteiger partial charge in [0.1, 0.15) is 12.3 Å². The Morgan fingerprint density at radius 3 is 2.28 bits per heavy atom. The number of hydrogen-bond acceptors (Lipinski definition) is 5. The SMILES string of the molecule is COc1ccc(N(CC(=O)N/N=C\c2cc(C)n(-c3ccc(C)c(C)c3)c2C)S(=O)(=O)c2ccccc2)cc1. The molecule has 3 aromatic carbocycles. The van der Waals surface area contributed by atoms with Gasteiger partial charge in [0.05, 0.1) is 23.9 Å². The number of anilines is 1. The average molecular weight is 545 g/mol. The van der Waals surface area contributed by atoms with Crippen molar-refractivity contribution < 1.29 is 17.9 Å². The lowest BCUT2D eigenvalue weighted by atomic mass is 10.1. The number of aromatic nitrogens is 1. The van der Waals surface area contributed by atoms with E-state index in [1.54, 1.807) is 48.7 Å². The molecule has 39 heavy (non-hydrogen) atoms. The van der Waals surface area contributed by atoms with E-state index in [0.29, 0.717) is 11.4 Å². The molecular formula is C30H32N4O4S. The van der Waals surface area contributed by atoms with Crippen LogP contribution in [0.1, 0.15) is 28.1 Å². The van der Waals surface area contributed by atoms with Gasteiger partial charge >= 0.3 is 0 Å². The Morgan fingerprint density at radius 2 is 1.64 bits per heavy atom. The Morgan fingerprint density at radius 1 is 0.949 bits per heavy atom. The van der Waals surface area contributed by atoms with Crippen molar-refractivity contribution in [2.75, 3.05) is 18.0 Å². The van der Waals surface area contributed by atoms with Crippen LogP contribution in [0.4, 0.5) is 5.69 Å². The van der Waals surface area contributed by atoms with E-state index in [1.807, 2.05) is 19.9 Å². The van der Waals surface area contributed by atoms with Gasteiger partial charge < -0.3 is 9.30 Å². The summed E-state index contributed by atoms with van der Waals surface area (Å²) in [7, 11) is -2.49. The lowest BCUT2D eigenvalue weighted by molar-refractivity contribution is -0.119. The van der Waals surface area contributed by atoms with Crippen molar-refractivity contribution in [3.8, 4) is 11.4 Å². The Bertz CT molecular complexity index is 1610. The molecule has 0 spiro atoms. The van der Waals surface area contributed by atoms with Gasteiger partial charge in [-0.25, -0.2) is 13.8 Å². The summed E-state index contributed by atoms with van der Waals surface area (Å²) in [5, 5.41) is 4.13. The highest BCUT2D eigenvalue weighted by atomic mass is 32.2. The van der Waals surface area contributed by atoms with E-state index in [2.05, 4.69) is 47.1 Å². The lowest BCUT2D eigenvalue weighted by Crippen LogP contribution is -2.39. The maximum absolute atomic E-state index is 13.5. The molecule has 0 aliphatic heterocycles. The number of nitrogens with one attached hydrogen (secondary N) is 1. The first kappa shape index (κ1) is 27.7. The third-order valence-electron chi connectivity index (χ3n) is 6.59. The fraction of sp³-hybridized carbons (Fsp3) is 0.200. The fourth-order valence-electron chi connectivity index (χ4n) is 4.30. The molecule has 0 radical (unpaired) electrons. The zero-order chi connectivity index (χ0) is 28.2. The fourth-order valence-corrected chi connectivity index (χ4v) is 5.75.